The quantitative estimate of drug-likeness (QED) is 0.295. The number of nitrogens with zero attached hydrogens (tertiary/aromatic N) is 5. The summed E-state index contributed by atoms with van der Waals surface area (Å²) in [5.41, 5.74) is 10.8. The molecular formula is C32H39FN8O. The van der Waals surface area contributed by atoms with Gasteiger partial charge in [0, 0.05) is 56.6 Å². The fraction of sp³-hybridized carbons (Fsp3) is 0.406. The normalized spacial score (nSPS) is 20.1. The van der Waals surface area contributed by atoms with Crippen molar-refractivity contribution >= 4 is 28.6 Å². The number of nitrogens with one attached hydrogen (secondary N) is 2. The van der Waals surface area contributed by atoms with Gasteiger partial charge in [0.1, 0.15) is 23.6 Å². The van der Waals surface area contributed by atoms with E-state index in [0.29, 0.717) is 30.0 Å². The number of urea groups is 1. The Bertz CT molecular complexity index is 1550. The first-order chi connectivity index (χ1) is 20.4. The number of hydrogen-bond acceptors (Lipinski definition) is 6. The number of nitrogen functional groups attached to an aromatic ring is 1. The molecule has 10 heteroatoms. The van der Waals surface area contributed by atoms with Gasteiger partial charge in [-0.25, -0.2) is 19.2 Å². The minimum atomic E-state index is -0.526. The highest BCUT2D eigenvalue weighted by Crippen LogP contribution is 2.39. The zero-order chi connectivity index (χ0) is 29.2. The van der Waals surface area contributed by atoms with Crippen LogP contribution in [0.5, 0.6) is 0 Å². The van der Waals surface area contributed by atoms with Crippen molar-refractivity contribution in [1.29, 1.82) is 0 Å². The van der Waals surface area contributed by atoms with Gasteiger partial charge in [0.25, 0.3) is 0 Å². The molecule has 0 spiro atoms. The van der Waals surface area contributed by atoms with E-state index in [0.717, 1.165) is 79.6 Å². The minimum absolute atomic E-state index is 0.107. The molecule has 220 valence electrons. The van der Waals surface area contributed by atoms with Gasteiger partial charge in [-0.05, 0) is 62.9 Å². The van der Waals surface area contributed by atoms with Crippen molar-refractivity contribution in [3.05, 3.63) is 71.9 Å². The largest absolute Gasteiger partial charge is 0.383 e. The van der Waals surface area contributed by atoms with Gasteiger partial charge >= 0.3 is 6.03 Å². The molecule has 0 unspecified atom stereocenters. The van der Waals surface area contributed by atoms with Crippen molar-refractivity contribution in [3.8, 4) is 11.1 Å². The maximum Gasteiger partial charge on any atom is 0.319 e. The number of nitrogens with two attached hydrogens (primary N) is 1. The van der Waals surface area contributed by atoms with Crippen LogP contribution in [0.25, 0.3) is 22.2 Å². The predicted octanol–water partition coefficient (Wildman–Crippen LogP) is 5.18. The van der Waals surface area contributed by atoms with Gasteiger partial charge in [0.05, 0.1) is 11.1 Å². The average molecular weight is 571 g/mol. The first-order valence-electron chi connectivity index (χ1n) is 14.8. The van der Waals surface area contributed by atoms with Crippen molar-refractivity contribution in [2.45, 2.75) is 51.2 Å². The molecular weight excluding hydrogens is 531 g/mol. The molecule has 6 rings (SSSR count). The Morgan fingerprint density at radius 1 is 1.00 bits per heavy atom. The zero-order valence-electron chi connectivity index (χ0n) is 24.3. The Morgan fingerprint density at radius 3 is 2.43 bits per heavy atom. The molecule has 1 aliphatic carbocycles. The molecule has 2 amide bonds. The molecule has 0 atom stereocenters. The first kappa shape index (κ1) is 28.1. The molecule has 0 radical (unpaired) electrons. The maximum atomic E-state index is 15.3. The average Bonchev–Trinajstić information content (AvgIpc) is 3.39. The van der Waals surface area contributed by atoms with Crippen LogP contribution in [0, 0.1) is 12.7 Å². The molecule has 2 aromatic heterocycles. The van der Waals surface area contributed by atoms with Gasteiger partial charge in [-0.3, -0.25) is 4.90 Å². The number of benzene rings is 2. The van der Waals surface area contributed by atoms with E-state index in [-0.39, 0.29) is 5.69 Å². The summed E-state index contributed by atoms with van der Waals surface area (Å²) in [6, 6.07) is 13.2. The Morgan fingerprint density at radius 2 is 1.71 bits per heavy atom. The Hall–Kier alpha value is -4.02. The Kier molecular flexibility index (Phi) is 8.08. The second-order valence-electron chi connectivity index (χ2n) is 11.7. The van der Waals surface area contributed by atoms with E-state index < -0.39 is 11.8 Å². The number of carbonyl (C=O) groups excluding carboxylic acids is 1. The number of carbonyl (C=O) groups is 1. The number of aryl methyl sites for hydroxylation is 1. The minimum Gasteiger partial charge on any atom is -0.383 e. The first-order valence-corrected chi connectivity index (χ1v) is 14.8. The second kappa shape index (κ2) is 12.1. The van der Waals surface area contributed by atoms with Crippen LogP contribution in [0.2, 0.25) is 0 Å². The third kappa shape index (κ3) is 5.96. The van der Waals surface area contributed by atoms with Gasteiger partial charge in [-0.2, -0.15) is 0 Å². The SMILES string of the molecule is Cc1ccc(CNC(=O)Nc2ccc(-c3cn([C@H]4CC[C@@H](N5CCN(C)CC5)CC4)c4ncnc(N)c34)cc2F)cc1. The number of aromatic nitrogens is 3. The Balaban J connectivity index is 1.17. The van der Waals surface area contributed by atoms with E-state index >= 15 is 4.39 Å². The molecule has 4 aromatic rings. The number of piperazine rings is 1. The summed E-state index contributed by atoms with van der Waals surface area (Å²) in [5, 5.41) is 6.13. The molecule has 1 aliphatic heterocycles. The molecule has 2 fully saturated rings. The predicted molar refractivity (Wildman–Crippen MR) is 165 cm³/mol. The summed E-state index contributed by atoms with van der Waals surface area (Å²) in [6.45, 7) is 6.89. The number of fused-ring (bicyclic) bond motifs is 1. The highest BCUT2D eigenvalue weighted by Gasteiger charge is 2.30. The standard InChI is InChI=1S/C32H39FN8O/c1-21-3-5-22(6-4-21)18-35-32(42)38-28-12-7-23(17-27(28)33)26-19-41(31-29(26)30(34)36-20-37-31)25-10-8-24(9-11-25)40-15-13-39(2)14-16-40/h3-7,12,17,19-20,24-25H,8-11,13-16,18H2,1-2H3,(H2,34,36,37)(H2,35,38,42)/t24-,25+. The molecule has 1 saturated heterocycles. The lowest BCUT2D eigenvalue weighted by Gasteiger charge is -2.41. The molecule has 0 bridgehead atoms. The van der Waals surface area contributed by atoms with Crippen molar-refractivity contribution < 1.29 is 9.18 Å². The molecule has 3 heterocycles. The van der Waals surface area contributed by atoms with Crippen LogP contribution in [-0.4, -0.2) is 69.6 Å². The van der Waals surface area contributed by atoms with Crippen LogP contribution in [0.3, 0.4) is 0 Å². The van der Waals surface area contributed by atoms with Crippen molar-refractivity contribution in [2.24, 2.45) is 0 Å². The zero-order valence-corrected chi connectivity index (χ0v) is 24.3. The van der Waals surface area contributed by atoms with E-state index in [9.17, 15) is 4.79 Å². The smallest absolute Gasteiger partial charge is 0.319 e. The van der Waals surface area contributed by atoms with Crippen LogP contribution in [0.1, 0.15) is 42.9 Å². The summed E-state index contributed by atoms with van der Waals surface area (Å²) in [4.78, 5) is 26.4. The van der Waals surface area contributed by atoms with E-state index in [1.807, 2.05) is 37.4 Å². The molecule has 4 N–H and O–H groups in total. The van der Waals surface area contributed by atoms with Gasteiger partial charge in [0.15, 0.2) is 0 Å². The van der Waals surface area contributed by atoms with E-state index in [1.54, 1.807) is 12.1 Å². The highest BCUT2D eigenvalue weighted by atomic mass is 19.1. The van der Waals surface area contributed by atoms with Gasteiger partial charge in [-0.15, -0.1) is 0 Å². The van der Waals surface area contributed by atoms with Crippen LogP contribution < -0.4 is 16.4 Å². The Labute approximate surface area is 245 Å². The van der Waals surface area contributed by atoms with E-state index in [1.165, 1.54) is 12.4 Å². The third-order valence-electron chi connectivity index (χ3n) is 8.85. The van der Waals surface area contributed by atoms with Crippen LogP contribution in [-0.2, 0) is 6.54 Å². The fourth-order valence-corrected chi connectivity index (χ4v) is 6.33. The summed E-state index contributed by atoms with van der Waals surface area (Å²) in [7, 11) is 2.19. The molecule has 2 aromatic carbocycles. The number of anilines is 2. The summed E-state index contributed by atoms with van der Waals surface area (Å²) >= 11 is 0. The maximum absolute atomic E-state index is 15.3. The lowest BCUT2D eigenvalue weighted by atomic mass is 9.89. The van der Waals surface area contributed by atoms with Crippen LogP contribution in [0.4, 0.5) is 20.7 Å². The summed E-state index contributed by atoms with van der Waals surface area (Å²) < 4.78 is 17.5. The number of rotatable bonds is 6. The van der Waals surface area contributed by atoms with Gasteiger partial charge < -0.3 is 25.8 Å². The van der Waals surface area contributed by atoms with Crippen molar-refractivity contribution in [3.63, 3.8) is 0 Å². The van der Waals surface area contributed by atoms with Crippen molar-refractivity contribution in [1.82, 2.24) is 29.7 Å². The fourth-order valence-electron chi connectivity index (χ4n) is 6.33. The monoisotopic (exact) mass is 570 g/mol. The molecule has 2 aliphatic rings. The molecule has 1 saturated carbocycles. The number of likely N-dealkylation sites (N-methyl/N-ethyl adjacent to an activating group) is 1. The highest BCUT2D eigenvalue weighted by molar-refractivity contribution is 6.01. The number of amides is 2. The van der Waals surface area contributed by atoms with Crippen LogP contribution >= 0.6 is 0 Å². The van der Waals surface area contributed by atoms with E-state index in [4.69, 9.17) is 5.73 Å². The summed E-state index contributed by atoms with van der Waals surface area (Å²) in [6.07, 6.45) is 7.94. The third-order valence-corrected chi connectivity index (χ3v) is 8.85. The van der Waals surface area contributed by atoms with Gasteiger partial charge in [0.2, 0.25) is 0 Å². The van der Waals surface area contributed by atoms with Gasteiger partial charge in [-0.1, -0.05) is 35.9 Å². The molecule has 42 heavy (non-hydrogen) atoms. The van der Waals surface area contributed by atoms with E-state index in [2.05, 4.69) is 42.0 Å². The number of hydrogen-bond donors (Lipinski definition) is 3. The lowest BCUT2D eigenvalue weighted by Crippen LogP contribution is -2.49. The van der Waals surface area contributed by atoms with Crippen LogP contribution in [0.15, 0.2) is 55.0 Å². The topological polar surface area (TPSA) is 104 Å². The lowest BCUT2D eigenvalue weighted by molar-refractivity contribution is 0.0828. The summed E-state index contributed by atoms with van der Waals surface area (Å²) in [5.74, 6) is -0.153. The number of halogens is 1. The van der Waals surface area contributed by atoms with Crippen molar-refractivity contribution in [2.75, 3.05) is 44.3 Å². The second-order valence-corrected chi connectivity index (χ2v) is 11.7. The molecule has 9 nitrogen and oxygen atoms in total.